The van der Waals surface area contributed by atoms with E-state index in [1.54, 1.807) is 6.92 Å². The molecule has 3 aromatic rings. The number of methoxy groups -OCH3 is 1. The number of aryl methyl sites for hydroxylation is 1. The van der Waals surface area contributed by atoms with Crippen molar-refractivity contribution in [1.29, 1.82) is 0 Å². The number of benzene rings is 2. The zero-order valence-electron chi connectivity index (χ0n) is 20.1. The lowest BCUT2D eigenvalue weighted by atomic mass is 10.1. The molecule has 0 aliphatic heterocycles. The second kappa shape index (κ2) is 13.8. The summed E-state index contributed by atoms with van der Waals surface area (Å²) in [5.41, 5.74) is 8.22. The Morgan fingerprint density at radius 2 is 1.49 bits per heavy atom. The molecule has 12 heteroatoms. The van der Waals surface area contributed by atoms with Gasteiger partial charge < -0.3 is 25.1 Å². The van der Waals surface area contributed by atoms with Gasteiger partial charge in [0.2, 0.25) is 11.8 Å². The zero-order valence-corrected chi connectivity index (χ0v) is 20.1. The number of aliphatic carboxylic acids is 1. The van der Waals surface area contributed by atoms with Crippen molar-refractivity contribution in [2.45, 2.75) is 32.2 Å². The summed E-state index contributed by atoms with van der Waals surface area (Å²) in [6, 6.07) is 19.0. The Balaban J connectivity index is 0.000000604. The van der Waals surface area contributed by atoms with Gasteiger partial charge in [0.25, 0.3) is 0 Å². The molecule has 0 bridgehead atoms. The summed E-state index contributed by atoms with van der Waals surface area (Å²) >= 11 is 0. The summed E-state index contributed by atoms with van der Waals surface area (Å²) in [7, 11) is 1.43. The van der Waals surface area contributed by atoms with Crippen LogP contribution in [0.15, 0.2) is 60.7 Å². The predicted octanol–water partition coefficient (Wildman–Crippen LogP) is 3.73. The Hall–Kier alpha value is -4.19. The Bertz CT molecular complexity index is 1160. The van der Waals surface area contributed by atoms with E-state index in [1.165, 1.54) is 7.11 Å². The van der Waals surface area contributed by atoms with Crippen LogP contribution in [0.2, 0.25) is 0 Å². The van der Waals surface area contributed by atoms with Gasteiger partial charge in [-0.1, -0.05) is 60.7 Å². The molecule has 0 saturated heterocycles. The van der Waals surface area contributed by atoms with E-state index in [1.807, 2.05) is 60.7 Å². The molecule has 0 spiro atoms. The molecule has 2 aromatic carbocycles. The maximum Gasteiger partial charge on any atom is 0.490 e. The van der Waals surface area contributed by atoms with Gasteiger partial charge in [0.1, 0.15) is 19.0 Å². The standard InChI is InChI=1S/C23H25N3O4.C2HF3O2/c1-16-25-21(28-2)20(23(27)30-14-18-11-7-4-8-12-18)22(26-16)29-15-19(24)13-17-9-5-3-6-10-17;3-2(4,5)1(6)7/h3-12,19H,13-15,24H2,1-2H3;(H,6,7)/t19-;/m1./s1. The third-order valence-electron chi connectivity index (χ3n) is 4.58. The van der Waals surface area contributed by atoms with Crippen LogP contribution in [0.1, 0.15) is 27.3 Å². The molecule has 9 nitrogen and oxygen atoms in total. The minimum atomic E-state index is -5.08. The molecular weight excluding hydrogens is 495 g/mol. The number of rotatable bonds is 9. The summed E-state index contributed by atoms with van der Waals surface area (Å²) in [4.78, 5) is 30.1. The molecule has 0 aliphatic carbocycles. The summed E-state index contributed by atoms with van der Waals surface area (Å²) in [5.74, 6) is -2.76. The number of aromatic nitrogens is 2. The van der Waals surface area contributed by atoms with E-state index in [2.05, 4.69) is 9.97 Å². The monoisotopic (exact) mass is 521 g/mol. The molecule has 0 fully saturated rings. The predicted molar refractivity (Wildman–Crippen MR) is 126 cm³/mol. The lowest BCUT2D eigenvalue weighted by Crippen LogP contribution is -2.31. The molecule has 0 amide bonds. The fourth-order valence-corrected chi connectivity index (χ4v) is 2.91. The Kier molecular flexibility index (Phi) is 10.8. The van der Waals surface area contributed by atoms with Gasteiger partial charge in [0, 0.05) is 6.04 Å². The van der Waals surface area contributed by atoms with Gasteiger partial charge in [0.15, 0.2) is 5.56 Å². The topological polar surface area (TPSA) is 134 Å². The molecule has 1 atom stereocenters. The molecule has 3 rings (SSSR count). The summed E-state index contributed by atoms with van der Waals surface area (Å²) < 4.78 is 48.3. The van der Waals surface area contributed by atoms with Gasteiger partial charge in [-0.25, -0.2) is 9.59 Å². The molecule has 1 heterocycles. The SMILES string of the molecule is COc1nc(C)nc(OC[C@H](N)Cc2ccccc2)c1C(=O)OCc1ccccc1.O=C(O)C(F)(F)F. The maximum absolute atomic E-state index is 12.8. The Morgan fingerprint density at radius 3 is 2.00 bits per heavy atom. The van der Waals surface area contributed by atoms with E-state index in [0.717, 1.165) is 11.1 Å². The first kappa shape index (κ1) is 29.0. The van der Waals surface area contributed by atoms with Crippen molar-refractivity contribution in [3.05, 3.63) is 83.2 Å². The molecule has 1 aromatic heterocycles. The molecular formula is C25H26F3N3O6. The fourth-order valence-electron chi connectivity index (χ4n) is 2.91. The molecule has 3 N–H and O–H groups in total. The quantitative estimate of drug-likeness (QED) is 0.404. The molecule has 0 saturated carbocycles. The van der Waals surface area contributed by atoms with Gasteiger partial charge in [0.05, 0.1) is 7.11 Å². The Labute approximate surface area is 211 Å². The van der Waals surface area contributed by atoms with Crippen molar-refractivity contribution in [1.82, 2.24) is 9.97 Å². The number of carboxylic acid groups (broad SMARTS) is 1. The number of carbonyl (C=O) groups excluding carboxylic acids is 1. The van der Waals surface area contributed by atoms with Gasteiger partial charge in [-0.3, -0.25) is 0 Å². The number of ether oxygens (including phenoxy) is 3. The van der Waals surface area contributed by atoms with E-state index >= 15 is 0 Å². The van der Waals surface area contributed by atoms with Crippen LogP contribution in [0, 0.1) is 6.92 Å². The number of nitrogens with zero attached hydrogens (tertiary/aromatic N) is 2. The van der Waals surface area contributed by atoms with Crippen molar-refractivity contribution in [3.8, 4) is 11.8 Å². The maximum atomic E-state index is 12.8. The van der Waals surface area contributed by atoms with Crippen LogP contribution in [-0.4, -0.2) is 52.9 Å². The van der Waals surface area contributed by atoms with E-state index in [-0.39, 0.29) is 36.6 Å². The smallest absolute Gasteiger partial charge is 0.480 e. The van der Waals surface area contributed by atoms with Gasteiger partial charge in [-0.2, -0.15) is 23.1 Å². The van der Waals surface area contributed by atoms with E-state index in [9.17, 15) is 18.0 Å². The largest absolute Gasteiger partial charge is 0.490 e. The van der Waals surface area contributed by atoms with Crippen molar-refractivity contribution in [2.75, 3.05) is 13.7 Å². The Morgan fingerprint density at radius 1 is 0.973 bits per heavy atom. The lowest BCUT2D eigenvalue weighted by Gasteiger charge is -2.16. The highest BCUT2D eigenvalue weighted by molar-refractivity contribution is 5.94. The van der Waals surface area contributed by atoms with E-state index < -0.39 is 18.1 Å². The van der Waals surface area contributed by atoms with Gasteiger partial charge in [-0.15, -0.1) is 0 Å². The second-order valence-corrected chi connectivity index (χ2v) is 7.59. The lowest BCUT2D eigenvalue weighted by molar-refractivity contribution is -0.192. The van der Waals surface area contributed by atoms with Crippen LogP contribution in [-0.2, 0) is 22.6 Å². The van der Waals surface area contributed by atoms with Crippen LogP contribution in [0.5, 0.6) is 11.8 Å². The molecule has 37 heavy (non-hydrogen) atoms. The number of hydrogen-bond donors (Lipinski definition) is 2. The number of carboxylic acids is 1. The highest BCUT2D eigenvalue weighted by Crippen LogP contribution is 2.26. The molecule has 0 aliphatic rings. The highest BCUT2D eigenvalue weighted by atomic mass is 19.4. The third-order valence-corrected chi connectivity index (χ3v) is 4.58. The van der Waals surface area contributed by atoms with Gasteiger partial charge in [-0.05, 0) is 24.5 Å². The average Bonchev–Trinajstić information content (AvgIpc) is 2.86. The molecule has 0 radical (unpaired) electrons. The number of hydrogen-bond acceptors (Lipinski definition) is 8. The average molecular weight is 521 g/mol. The van der Waals surface area contributed by atoms with E-state index in [4.69, 9.17) is 29.8 Å². The van der Waals surface area contributed by atoms with E-state index in [0.29, 0.717) is 12.2 Å². The minimum Gasteiger partial charge on any atom is -0.480 e. The zero-order chi connectivity index (χ0) is 27.4. The van der Waals surface area contributed by atoms with Crippen LogP contribution >= 0.6 is 0 Å². The number of carbonyl (C=O) groups is 2. The summed E-state index contributed by atoms with van der Waals surface area (Å²) in [6.07, 6.45) is -4.45. The highest BCUT2D eigenvalue weighted by Gasteiger charge is 2.38. The van der Waals surface area contributed by atoms with Crippen molar-refractivity contribution in [2.24, 2.45) is 5.73 Å². The third kappa shape index (κ3) is 9.76. The first-order valence-corrected chi connectivity index (χ1v) is 10.9. The van der Waals surface area contributed by atoms with Crippen LogP contribution < -0.4 is 15.2 Å². The number of halogens is 3. The van der Waals surface area contributed by atoms with Crippen molar-refractivity contribution in [3.63, 3.8) is 0 Å². The summed E-state index contributed by atoms with van der Waals surface area (Å²) in [6.45, 7) is 1.98. The fraction of sp³-hybridized carbons (Fsp3) is 0.280. The van der Waals surface area contributed by atoms with Crippen molar-refractivity contribution < 1.29 is 42.1 Å². The van der Waals surface area contributed by atoms with Crippen LogP contribution in [0.4, 0.5) is 13.2 Å². The molecule has 198 valence electrons. The number of alkyl halides is 3. The van der Waals surface area contributed by atoms with Crippen LogP contribution in [0.3, 0.4) is 0 Å². The van der Waals surface area contributed by atoms with Crippen molar-refractivity contribution >= 4 is 11.9 Å². The second-order valence-electron chi connectivity index (χ2n) is 7.59. The minimum absolute atomic E-state index is 0.0472. The van der Waals surface area contributed by atoms with Crippen LogP contribution in [0.25, 0.3) is 0 Å². The summed E-state index contributed by atoms with van der Waals surface area (Å²) in [5, 5.41) is 7.12. The molecule has 0 unspecified atom stereocenters. The normalized spacial score (nSPS) is 11.5. The van der Waals surface area contributed by atoms with Gasteiger partial charge >= 0.3 is 18.1 Å². The first-order valence-electron chi connectivity index (χ1n) is 10.9. The number of esters is 1. The first-order chi connectivity index (χ1) is 17.5. The number of nitrogens with two attached hydrogens (primary N) is 1.